The van der Waals surface area contributed by atoms with Gasteiger partial charge in [0.1, 0.15) is 0 Å². The number of hydrogen-bond donors (Lipinski definition) is 2. The Morgan fingerprint density at radius 1 is 1.36 bits per heavy atom. The Morgan fingerprint density at radius 3 is 2.68 bits per heavy atom. The molecule has 1 heterocycles. The number of halogens is 1. The Balaban J connectivity index is 1.92. The molecular formula is C15H14ClN3O3. The van der Waals surface area contributed by atoms with Gasteiger partial charge in [0.2, 0.25) is 0 Å². The third kappa shape index (κ3) is 3.83. The van der Waals surface area contributed by atoms with E-state index in [4.69, 9.17) is 23.1 Å². The molecule has 0 fully saturated rings. The molecule has 1 amide bonds. The summed E-state index contributed by atoms with van der Waals surface area (Å²) in [7, 11) is 0. The van der Waals surface area contributed by atoms with Crippen LogP contribution in [0.5, 0.6) is 0 Å². The highest BCUT2D eigenvalue weighted by Gasteiger charge is 2.38. The van der Waals surface area contributed by atoms with Crippen LogP contribution in [-0.4, -0.2) is 29.2 Å². The van der Waals surface area contributed by atoms with Crippen LogP contribution in [0.15, 0.2) is 28.4 Å². The molecule has 0 spiro atoms. The van der Waals surface area contributed by atoms with Gasteiger partial charge >= 0.3 is 5.97 Å². The van der Waals surface area contributed by atoms with Crippen molar-refractivity contribution in [1.82, 2.24) is 5.32 Å². The van der Waals surface area contributed by atoms with Gasteiger partial charge in [0.15, 0.2) is 5.66 Å². The fraction of sp³-hybridized carbons (Fsp3) is 0.333. The predicted octanol–water partition coefficient (Wildman–Crippen LogP) is 2.73. The first-order valence-electron chi connectivity index (χ1n) is 6.66. The van der Waals surface area contributed by atoms with Crippen molar-refractivity contribution in [2.75, 3.05) is 6.54 Å². The highest BCUT2D eigenvalue weighted by atomic mass is 35.5. The molecule has 1 aromatic rings. The van der Waals surface area contributed by atoms with Gasteiger partial charge in [-0.05, 0) is 18.2 Å². The number of aromatic carboxylic acids is 1. The van der Waals surface area contributed by atoms with Gasteiger partial charge in [-0.25, -0.2) is 4.79 Å². The standard InChI is InChI=1S/C15H14ClN3O3/c1-2-3-6-15(18-19-15)7-8-17-13(20)11-9-10(14(21)22)4-5-12(11)16/h1,4-5,9H,3,6-8H2,(H,17,20)(H,21,22). The van der Waals surface area contributed by atoms with Crippen LogP contribution < -0.4 is 5.32 Å². The third-order valence-corrected chi connectivity index (χ3v) is 3.65. The van der Waals surface area contributed by atoms with E-state index < -0.39 is 17.5 Å². The number of rotatable bonds is 7. The molecule has 0 aromatic heterocycles. The smallest absolute Gasteiger partial charge is 0.335 e. The summed E-state index contributed by atoms with van der Waals surface area (Å²) < 4.78 is 0. The van der Waals surface area contributed by atoms with Crippen molar-refractivity contribution in [2.24, 2.45) is 10.2 Å². The zero-order valence-electron chi connectivity index (χ0n) is 11.7. The van der Waals surface area contributed by atoms with Crippen LogP contribution in [0.25, 0.3) is 0 Å². The lowest BCUT2D eigenvalue weighted by Gasteiger charge is -2.11. The number of carbonyl (C=O) groups is 2. The summed E-state index contributed by atoms with van der Waals surface area (Å²) in [5, 5.41) is 19.8. The number of nitrogens with zero attached hydrogens (tertiary/aromatic N) is 2. The van der Waals surface area contributed by atoms with Gasteiger partial charge in [0.25, 0.3) is 5.91 Å². The van der Waals surface area contributed by atoms with Crippen molar-refractivity contribution in [3.05, 3.63) is 34.3 Å². The fourth-order valence-electron chi connectivity index (χ4n) is 1.97. The van der Waals surface area contributed by atoms with E-state index in [9.17, 15) is 9.59 Å². The van der Waals surface area contributed by atoms with E-state index in [1.165, 1.54) is 18.2 Å². The number of benzene rings is 1. The van der Waals surface area contributed by atoms with Crippen LogP contribution in [0.4, 0.5) is 0 Å². The van der Waals surface area contributed by atoms with E-state index in [1.807, 2.05) is 0 Å². The van der Waals surface area contributed by atoms with Crippen molar-refractivity contribution in [1.29, 1.82) is 0 Å². The molecule has 0 radical (unpaired) electrons. The Morgan fingerprint density at radius 2 is 2.09 bits per heavy atom. The SMILES string of the molecule is C#CCCC1(CCNC(=O)c2cc(C(=O)O)ccc2Cl)N=N1. The topological polar surface area (TPSA) is 91.1 Å². The van der Waals surface area contributed by atoms with Crippen molar-refractivity contribution < 1.29 is 14.7 Å². The first kappa shape index (κ1) is 16.0. The zero-order valence-corrected chi connectivity index (χ0v) is 12.4. The molecule has 0 saturated carbocycles. The second kappa shape index (κ2) is 6.58. The van der Waals surface area contributed by atoms with Gasteiger partial charge in [-0.15, -0.1) is 12.3 Å². The van der Waals surface area contributed by atoms with E-state index in [2.05, 4.69) is 21.5 Å². The number of nitrogens with one attached hydrogen (secondary N) is 1. The van der Waals surface area contributed by atoms with Gasteiger partial charge in [-0.2, -0.15) is 10.2 Å². The predicted molar refractivity (Wildman–Crippen MR) is 81.0 cm³/mol. The van der Waals surface area contributed by atoms with Gasteiger partial charge in [0.05, 0.1) is 16.1 Å². The molecule has 114 valence electrons. The average Bonchev–Trinajstić information content (AvgIpc) is 3.25. The second-order valence-corrected chi connectivity index (χ2v) is 5.30. The molecule has 0 unspecified atom stereocenters. The van der Waals surface area contributed by atoms with Crippen molar-refractivity contribution in [3.8, 4) is 12.3 Å². The highest BCUT2D eigenvalue weighted by molar-refractivity contribution is 6.34. The maximum atomic E-state index is 12.1. The molecule has 0 bridgehead atoms. The van der Waals surface area contributed by atoms with Gasteiger partial charge in [-0.1, -0.05) is 11.6 Å². The number of carbonyl (C=O) groups excluding carboxylic acids is 1. The maximum absolute atomic E-state index is 12.1. The Labute approximate surface area is 132 Å². The second-order valence-electron chi connectivity index (χ2n) is 4.89. The molecule has 22 heavy (non-hydrogen) atoms. The van der Waals surface area contributed by atoms with Crippen molar-refractivity contribution >= 4 is 23.5 Å². The molecule has 1 aliphatic heterocycles. The summed E-state index contributed by atoms with van der Waals surface area (Å²) in [6.07, 6.45) is 7.00. The highest BCUT2D eigenvalue weighted by Crippen LogP contribution is 2.36. The fourth-order valence-corrected chi connectivity index (χ4v) is 2.18. The molecule has 1 aromatic carbocycles. The minimum absolute atomic E-state index is 0.00670. The number of hydrogen-bond acceptors (Lipinski definition) is 4. The van der Waals surface area contributed by atoms with E-state index in [0.717, 1.165) is 0 Å². The minimum atomic E-state index is -1.12. The molecule has 7 heteroatoms. The lowest BCUT2D eigenvalue weighted by atomic mass is 10.0. The van der Waals surface area contributed by atoms with E-state index in [0.29, 0.717) is 25.8 Å². The number of terminal acetylenes is 1. The van der Waals surface area contributed by atoms with Gasteiger partial charge in [-0.3, -0.25) is 4.79 Å². The summed E-state index contributed by atoms with van der Waals surface area (Å²) >= 11 is 5.93. The van der Waals surface area contributed by atoms with Crippen LogP contribution in [-0.2, 0) is 0 Å². The summed E-state index contributed by atoms with van der Waals surface area (Å²) in [6, 6.07) is 3.98. The molecule has 6 nitrogen and oxygen atoms in total. The molecule has 2 N–H and O–H groups in total. The van der Waals surface area contributed by atoms with E-state index >= 15 is 0 Å². The monoisotopic (exact) mass is 319 g/mol. The Bertz CT molecular complexity index is 673. The third-order valence-electron chi connectivity index (χ3n) is 3.32. The van der Waals surface area contributed by atoms with Crippen LogP contribution in [0, 0.1) is 12.3 Å². The van der Waals surface area contributed by atoms with Crippen molar-refractivity contribution in [3.63, 3.8) is 0 Å². The first-order valence-corrected chi connectivity index (χ1v) is 7.04. The molecular weight excluding hydrogens is 306 g/mol. The summed E-state index contributed by atoms with van der Waals surface area (Å²) in [4.78, 5) is 23.0. The number of amides is 1. The quantitative estimate of drug-likeness (QED) is 0.757. The molecule has 0 aliphatic carbocycles. The van der Waals surface area contributed by atoms with Gasteiger partial charge < -0.3 is 10.4 Å². The summed E-state index contributed by atoms with van der Waals surface area (Å²) in [5.74, 6) is 0.987. The summed E-state index contributed by atoms with van der Waals surface area (Å²) in [6.45, 7) is 0.351. The first-order chi connectivity index (χ1) is 10.5. The van der Waals surface area contributed by atoms with Crippen LogP contribution in [0.3, 0.4) is 0 Å². The summed E-state index contributed by atoms with van der Waals surface area (Å²) in [5.41, 5.74) is -0.331. The van der Waals surface area contributed by atoms with Crippen molar-refractivity contribution in [2.45, 2.75) is 24.9 Å². The molecule has 2 rings (SSSR count). The van der Waals surface area contributed by atoms with Crippen LogP contribution in [0.1, 0.15) is 40.0 Å². The molecule has 0 atom stereocenters. The lowest BCUT2D eigenvalue weighted by molar-refractivity contribution is 0.0697. The minimum Gasteiger partial charge on any atom is -0.478 e. The average molecular weight is 320 g/mol. The van der Waals surface area contributed by atoms with E-state index in [-0.39, 0.29) is 16.1 Å². The van der Waals surface area contributed by atoms with Gasteiger partial charge in [0, 0.05) is 25.8 Å². The zero-order chi connectivity index (χ0) is 16.2. The molecule has 0 saturated heterocycles. The van der Waals surface area contributed by atoms with Crippen LogP contribution >= 0.6 is 11.6 Å². The maximum Gasteiger partial charge on any atom is 0.335 e. The number of carboxylic acid groups (broad SMARTS) is 1. The Hall–Kier alpha value is -2.39. The molecule has 1 aliphatic rings. The van der Waals surface area contributed by atoms with Crippen LogP contribution in [0.2, 0.25) is 5.02 Å². The number of carboxylic acids is 1. The van der Waals surface area contributed by atoms with E-state index in [1.54, 1.807) is 0 Å². The lowest BCUT2D eigenvalue weighted by Crippen LogP contribution is -2.28. The normalized spacial score (nSPS) is 14.2. The largest absolute Gasteiger partial charge is 0.478 e. The Kier molecular flexibility index (Phi) is 4.78.